The van der Waals surface area contributed by atoms with Crippen LogP contribution in [-0.2, 0) is 4.79 Å². The Morgan fingerprint density at radius 2 is 2.00 bits per heavy atom. The molecule has 0 aromatic rings. The molecule has 0 unspecified atom stereocenters. The fraction of sp³-hybridized carbons (Fsp3) is 0.818. The van der Waals surface area contributed by atoms with E-state index in [-0.39, 0.29) is 23.9 Å². The first kappa shape index (κ1) is 12.8. The summed E-state index contributed by atoms with van der Waals surface area (Å²) in [6.07, 6.45) is 0. The molecule has 92 valence electrons. The molecule has 5 heteroatoms. The summed E-state index contributed by atoms with van der Waals surface area (Å²) in [7, 11) is 1.76. The number of amides is 3. The molecule has 0 atom stereocenters. The standard InChI is InChI=1S/C11H21N3O2/c1-11(2,3)8-12-10(16)14-6-5-13(4)9(15)7-14/h5-8H2,1-4H3,(H,12,16). The second kappa shape index (κ2) is 4.72. The third-order valence-electron chi connectivity index (χ3n) is 2.51. The summed E-state index contributed by atoms with van der Waals surface area (Å²) in [5, 5.41) is 2.84. The maximum absolute atomic E-state index is 11.7. The minimum atomic E-state index is -0.142. The molecule has 1 aliphatic heterocycles. The second-order valence-corrected chi connectivity index (χ2v) is 5.46. The van der Waals surface area contributed by atoms with Crippen molar-refractivity contribution in [2.75, 3.05) is 33.2 Å². The first-order chi connectivity index (χ1) is 7.29. The summed E-state index contributed by atoms with van der Waals surface area (Å²) in [6.45, 7) is 8.20. The number of nitrogens with one attached hydrogen (secondary N) is 1. The highest BCUT2D eigenvalue weighted by molar-refractivity contribution is 5.85. The lowest BCUT2D eigenvalue weighted by molar-refractivity contribution is -0.133. The summed E-state index contributed by atoms with van der Waals surface area (Å²) < 4.78 is 0. The quantitative estimate of drug-likeness (QED) is 0.710. The van der Waals surface area contributed by atoms with E-state index in [1.54, 1.807) is 16.8 Å². The van der Waals surface area contributed by atoms with Crippen LogP contribution in [0.2, 0.25) is 0 Å². The van der Waals surface area contributed by atoms with Crippen molar-refractivity contribution < 1.29 is 9.59 Å². The summed E-state index contributed by atoms with van der Waals surface area (Å²) >= 11 is 0. The molecular weight excluding hydrogens is 206 g/mol. The van der Waals surface area contributed by atoms with Gasteiger partial charge in [-0.1, -0.05) is 20.8 Å². The van der Waals surface area contributed by atoms with E-state index in [1.807, 2.05) is 0 Å². The highest BCUT2D eigenvalue weighted by Crippen LogP contribution is 2.10. The fourth-order valence-electron chi connectivity index (χ4n) is 1.38. The molecule has 1 heterocycles. The van der Waals surface area contributed by atoms with Crippen LogP contribution in [0.1, 0.15) is 20.8 Å². The van der Waals surface area contributed by atoms with E-state index in [1.165, 1.54) is 0 Å². The van der Waals surface area contributed by atoms with Gasteiger partial charge >= 0.3 is 6.03 Å². The van der Waals surface area contributed by atoms with E-state index < -0.39 is 0 Å². The summed E-state index contributed by atoms with van der Waals surface area (Å²) in [5.74, 6) is -0.00263. The van der Waals surface area contributed by atoms with E-state index in [2.05, 4.69) is 26.1 Å². The Hall–Kier alpha value is -1.26. The third-order valence-corrected chi connectivity index (χ3v) is 2.51. The van der Waals surface area contributed by atoms with Crippen LogP contribution in [0.3, 0.4) is 0 Å². The third kappa shape index (κ3) is 3.72. The molecule has 0 aliphatic carbocycles. The predicted molar refractivity (Wildman–Crippen MR) is 62.1 cm³/mol. The van der Waals surface area contributed by atoms with Crippen molar-refractivity contribution in [3.05, 3.63) is 0 Å². The van der Waals surface area contributed by atoms with Gasteiger partial charge in [0.1, 0.15) is 6.54 Å². The highest BCUT2D eigenvalue weighted by atomic mass is 16.2. The lowest BCUT2D eigenvalue weighted by atomic mass is 9.97. The topological polar surface area (TPSA) is 52.6 Å². The van der Waals surface area contributed by atoms with Gasteiger partial charge in [-0.15, -0.1) is 0 Å². The number of piperazine rings is 1. The van der Waals surface area contributed by atoms with Gasteiger partial charge in [-0.3, -0.25) is 4.79 Å². The molecule has 0 saturated carbocycles. The Morgan fingerprint density at radius 3 is 2.50 bits per heavy atom. The van der Waals surface area contributed by atoms with E-state index >= 15 is 0 Å². The van der Waals surface area contributed by atoms with Gasteiger partial charge in [-0.2, -0.15) is 0 Å². The van der Waals surface area contributed by atoms with Crippen molar-refractivity contribution in [1.82, 2.24) is 15.1 Å². The molecule has 0 aromatic carbocycles. The van der Waals surface area contributed by atoms with E-state index in [9.17, 15) is 9.59 Å². The first-order valence-corrected chi connectivity index (χ1v) is 5.56. The number of hydrogen-bond acceptors (Lipinski definition) is 2. The zero-order valence-corrected chi connectivity index (χ0v) is 10.5. The predicted octanol–water partition coefficient (Wildman–Crippen LogP) is 0.516. The summed E-state index contributed by atoms with van der Waals surface area (Å²) in [4.78, 5) is 26.4. The molecule has 3 amide bonds. The molecule has 16 heavy (non-hydrogen) atoms. The van der Waals surface area contributed by atoms with Crippen LogP contribution < -0.4 is 5.32 Å². The number of carbonyl (C=O) groups is 2. The highest BCUT2D eigenvalue weighted by Gasteiger charge is 2.25. The zero-order valence-electron chi connectivity index (χ0n) is 10.5. The van der Waals surface area contributed by atoms with Crippen molar-refractivity contribution in [1.29, 1.82) is 0 Å². The lowest BCUT2D eigenvalue weighted by Crippen LogP contribution is -2.54. The fourth-order valence-corrected chi connectivity index (χ4v) is 1.38. The van der Waals surface area contributed by atoms with Crippen molar-refractivity contribution in [2.45, 2.75) is 20.8 Å². The number of nitrogens with zero attached hydrogens (tertiary/aromatic N) is 2. The molecule has 0 radical (unpaired) electrons. The van der Waals surface area contributed by atoms with Gasteiger partial charge in [0, 0.05) is 26.7 Å². The van der Waals surface area contributed by atoms with Crippen LogP contribution in [-0.4, -0.2) is 55.0 Å². The van der Waals surface area contributed by atoms with Crippen LogP contribution in [0.25, 0.3) is 0 Å². The molecule has 1 aliphatic rings. The number of likely N-dealkylation sites (N-methyl/N-ethyl adjacent to an activating group) is 1. The molecule has 1 saturated heterocycles. The molecule has 0 spiro atoms. The molecule has 0 bridgehead atoms. The van der Waals surface area contributed by atoms with Gasteiger partial charge in [0.2, 0.25) is 5.91 Å². The van der Waals surface area contributed by atoms with Crippen molar-refractivity contribution in [2.24, 2.45) is 5.41 Å². The Labute approximate surface area is 96.8 Å². The van der Waals surface area contributed by atoms with Crippen LogP contribution >= 0.6 is 0 Å². The maximum atomic E-state index is 11.7. The smallest absolute Gasteiger partial charge is 0.317 e. The second-order valence-electron chi connectivity index (χ2n) is 5.46. The summed E-state index contributed by atoms with van der Waals surface area (Å²) in [6, 6.07) is -0.142. The van der Waals surface area contributed by atoms with E-state index in [0.717, 1.165) is 0 Å². The van der Waals surface area contributed by atoms with E-state index in [0.29, 0.717) is 19.6 Å². The molecule has 1 fully saturated rings. The minimum absolute atomic E-state index is 0.00263. The Kier molecular flexibility index (Phi) is 3.78. The average Bonchev–Trinajstić information content (AvgIpc) is 2.17. The maximum Gasteiger partial charge on any atom is 0.317 e. The minimum Gasteiger partial charge on any atom is -0.342 e. The Bertz CT molecular complexity index is 283. The number of urea groups is 1. The van der Waals surface area contributed by atoms with Gasteiger partial charge in [0.05, 0.1) is 0 Å². The van der Waals surface area contributed by atoms with Crippen LogP contribution in [0.4, 0.5) is 4.79 Å². The van der Waals surface area contributed by atoms with Gasteiger partial charge in [-0.25, -0.2) is 4.79 Å². The van der Waals surface area contributed by atoms with Gasteiger partial charge in [-0.05, 0) is 5.41 Å². The molecule has 0 aromatic heterocycles. The number of carbonyl (C=O) groups excluding carboxylic acids is 2. The van der Waals surface area contributed by atoms with Crippen LogP contribution in [0, 0.1) is 5.41 Å². The Balaban J connectivity index is 2.41. The number of rotatable bonds is 1. The van der Waals surface area contributed by atoms with Crippen LogP contribution in [0.5, 0.6) is 0 Å². The zero-order chi connectivity index (χ0) is 12.3. The van der Waals surface area contributed by atoms with Crippen molar-refractivity contribution >= 4 is 11.9 Å². The summed E-state index contributed by atoms with van der Waals surface area (Å²) in [5.41, 5.74) is 0.0618. The Morgan fingerprint density at radius 1 is 1.38 bits per heavy atom. The van der Waals surface area contributed by atoms with Crippen LogP contribution in [0.15, 0.2) is 0 Å². The lowest BCUT2D eigenvalue weighted by Gasteiger charge is -2.32. The molecule has 1 N–H and O–H groups in total. The monoisotopic (exact) mass is 227 g/mol. The largest absolute Gasteiger partial charge is 0.342 e. The first-order valence-electron chi connectivity index (χ1n) is 5.56. The van der Waals surface area contributed by atoms with Gasteiger partial charge in [0.15, 0.2) is 0 Å². The molecule has 5 nitrogen and oxygen atoms in total. The van der Waals surface area contributed by atoms with Crippen molar-refractivity contribution in [3.63, 3.8) is 0 Å². The van der Waals surface area contributed by atoms with Gasteiger partial charge < -0.3 is 15.1 Å². The molecular formula is C11H21N3O2. The SMILES string of the molecule is CN1CCN(C(=O)NCC(C)(C)C)CC1=O. The van der Waals surface area contributed by atoms with Crippen molar-refractivity contribution in [3.8, 4) is 0 Å². The van der Waals surface area contributed by atoms with Gasteiger partial charge in [0.25, 0.3) is 0 Å². The number of hydrogen-bond donors (Lipinski definition) is 1. The molecule has 1 rings (SSSR count). The normalized spacial score (nSPS) is 17.6. The van der Waals surface area contributed by atoms with E-state index in [4.69, 9.17) is 0 Å². The average molecular weight is 227 g/mol.